The Labute approximate surface area is 103 Å². The molecule has 1 saturated heterocycles. The molecule has 3 N–H and O–H groups in total. The van der Waals surface area contributed by atoms with Crippen molar-refractivity contribution in [3.8, 4) is 0 Å². The van der Waals surface area contributed by atoms with Crippen molar-refractivity contribution in [2.45, 2.75) is 44.2 Å². The van der Waals surface area contributed by atoms with Gasteiger partial charge in [-0.15, -0.1) is 0 Å². The first kappa shape index (κ1) is 13.3. The predicted molar refractivity (Wildman–Crippen MR) is 66.1 cm³/mol. The van der Waals surface area contributed by atoms with Crippen molar-refractivity contribution in [2.24, 2.45) is 11.7 Å². The van der Waals surface area contributed by atoms with Crippen LogP contribution in [-0.2, 0) is 14.8 Å². The van der Waals surface area contributed by atoms with Crippen LogP contribution in [0.1, 0.15) is 32.1 Å². The lowest BCUT2D eigenvalue weighted by Crippen LogP contribution is -2.35. The Balaban J connectivity index is 1.73. The van der Waals surface area contributed by atoms with Gasteiger partial charge in [0, 0.05) is 19.2 Å². The summed E-state index contributed by atoms with van der Waals surface area (Å²) in [6.07, 6.45) is 4.69. The van der Waals surface area contributed by atoms with E-state index in [0.717, 1.165) is 32.1 Å². The molecular weight excluding hydrogens is 240 g/mol. The zero-order valence-electron chi connectivity index (χ0n) is 10.1. The van der Waals surface area contributed by atoms with Crippen molar-refractivity contribution in [1.82, 2.24) is 4.72 Å². The van der Waals surface area contributed by atoms with Crippen LogP contribution in [0.3, 0.4) is 0 Å². The molecule has 0 aromatic rings. The molecule has 2 rings (SSSR count). The molecule has 1 aliphatic carbocycles. The fourth-order valence-electron chi connectivity index (χ4n) is 2.62. The molecule has 5 nitrogen and oxygen atoms in total. The van der Waals surface area contributed by atoms with Crippen molar-refractivity contribution >= 4 is 10.0 Å². The Morgan fingerprint density at radius 1 is 1.29 bits per heavy atom. The Bertz CT molecular complexity index is 339. The Hall–Kier alpha value is -0.170. The maximum absolute atomic E-state index is 11.8. The minimum absolute atomic E-state index is 0.103. The topological polar surface area (TPSA) is 81.4 Å². The van der Waals surface area contributed by atoms with Crippen LogP contribution in [-0.4, -0.2) is 39.5 Å². The van der Waals surface area contributed by atoms with Gasteiger partial charge in [-0.2, -0.15) is 0 Å². The fourth-order valence-corrected chi connectivity index (χ4v) is 3.98. The van der Waals surface area contributed by atoms with Gasteiger partial charge < -0.3 is 10.5 Å². The molecule has 0 amide bonds. The normalized spacial score (nSPS) is 34.3. The summed E-state index contributed by atoms with van der Waals surface area (Å²) in [5, 5.41) is 0. The summed E-state index contributed by atoms with van der Waals surface area (Å²) < 4.78 is 31.6. The van der Waals surface area contributed by atoms with Crippen molar-refractivity contribution < 1.29 is 13.2 Å². The third kappa shape index (κ3) is 4.21. The molecule has 0 aromatic carbocycles. The number of rotatable bonds is 5. The Kier molecular flexibility index (Phi) is 4.41. The van der Waals surface area contributed by atoms with E-state index < -0.39 is 10.0 Å². The van der Waals surface area contributed by atoms with Gasteiger partial charge >= 0.3 is 0 Å². The monoisotopic (exact) mass is 262 g/mol. The third-order valence-electron chi connectivity index (χ3n) is 3.60. The Morgan fingerprint density at radius 2 is 2.12 bits per heavy atom. The smallest absolute Gasteiger partial charge is 0.214 e. The van der Waals surface area contributed by atoms with E-state index in [1.165, 1.54) is 0 Å². The van der Waals surface area contributed by atoms with E-state index in [0.29, 0.717) is 19.1 Å². The minimum Gasteiger partial charge on any atom is -0.377 e. The lowest BCUT2D eigenvalue weighted by atomic mass is 10.1. The molecule has 17 heavy (non-hydrogen) atoms. The van der Waals surface area contributed by atoms with Crippen molar-refractivity contribution in [3.05, 3.63) is 0 Å². The second-order valence-electron chi connectivity index (χ2n) is 5.20. The van der Waals surface area contributed by atoms with Gasteiger partial charge in [0.2, 0.25) is 10.0 Å². The van der Waals surface area contributed by atoms with Gasteiger partial charge in [-0.3, -0.25) is 0 Å². The molecule has 0 aromatic heterocycles. The summed E-state index contributed by atoms with van der Waals surface area (Å²) in [7, 11) is -3.19. The number of hydrogen-bond donors (Lipinski definition) is 2. The summed E-state index contributed by atoms with van der Waals surface area (Å²) in [6.45, 7) is 1.22. The molecule has 3 unspecified atom stereocenters. The van der Waals surface area contributed by atoms with E-state index in [2.05, 4.69) is 4.72 Å². The van der Waals surface area contributed by atoms with Gasteiger partial charge in [0.05, 0.1) is 11.9 Å². The highest BCUT2D eigenvalue weighted by Crippen LogP contribution is 2.23. The number of hydrogen-bond acceptors (Lipinski definition) is 4. The van der Waals surface area contributed by atoms with E-state index in [1.54, 1.807) is 0 Å². The zero-order chi connectivity index (χ0) is 12.3. The van der Waals surface area contributed by atoms with Crippen molar-refractivity contribution in [3.63, 3.8) is 0 Å². The SMILES string of the molecule is NC1CCC(CNS(=O)(=O)CC2CCCO2)C1. The molecule has 3 atom stereocenters. The number of nitrogens with two attached hydrogens (primary N) is 1. The standard InChI is InChI=1S/C11H22N2O3S/c12-10-4-3-9(6-10)7-13-17(14,15)8-11-2-1-5-16-11/h9-11,13H,1-8,12H2. The first-order valence-electron chi connectivity index (χ1n) is 6.40. The van der Waals surface area contributed by atoms with Crippen LogP contribution in [0.15, 0.2) is 0 Å². The third-order valence-corrected chi connectivity index (χ3v) is 5.02. The number of ether oxygens (including phenoxy) is 1. The van der Waals surface area contributed by atoms with E-state index >= 15 is 0 Å². The minimum atomic E-state index is -3.19. The molecule has 0 radical (unpaired) electrons. The average molecular weight is 262 g/mol. The van der Waals surface area contributed by atoms with Gasteiger partial charge in [0.15, 0.2) is 0 Å². The first-order valence-corrected chi connectivity index (χ1v) is 8.05. The molecule has 0 bridgehead atoms. The molecule has 1 saturated carbocycles. The van der Waals surface area contributed by atoms with Gasteiger partial charge in [-0.1, -0.05) is 0 Å². The van der Waals surface area contributed by atoms with E-state index in [4.69, 9.17) is 10.5 Å². The second kappa shape index (κ2) is 5.65. The van der Waals surface area contributed by atoms with Crippen LogP contribution >= 0.6 is 0 Å². The molecular formula is C11H22N2O3S. The average Bonchev–Trinajstić information content (AvgIpc) is 2.86. The second-order valence-corrected chi connectivity index (χ2v) is 7.06. The van der Waals surface area contributed by atoms with E-state index in [9.17, 15) is 8.42 Å². The van der Waals surface area contributed by atoms with Crippen LogP contribution < -0.4 is 10.5 Å². The maximum atomic E-state index is 11.8. The highest BCUT2D eigenvalue weighted by molar-refractivity contribution is 7.89. The molecule has 2 aliphatic rings. The zero-order valence-corrected chi connectivity index (χ0v) is 10.9. The van der Waals surface area contributed by atoms with Gasteiger partial charge in [-0.25, -0.2) is 13.1 Å². The largest absolute Gasteiger partial charge is 0.377 e. The number of nitrogens with one attached hydrogen (secondary N) is 1. The molecule has 6 heteroatoms. The fraction of sp³-hybridized carbons (Fsp3) is 1.00. The van der Waals surface area contributed by atoms with Gasteiger partial charge in [-0.05, 0) is 38.0 Å². The quantitative estimate of drug-likeness (QED) is 0.742. The lowest BCUT2D eigenvalue weighted by molar-refractivity contribution is 0.127. The van der Waals surface area contributed by atoms with Crippen molar-refractivity contribution in [2.75, 3.05) is 18.9 Å². The molecule has 2 fully saturated rings. The summed E-state index contributed by atoms with van der Waals surface area (Å²) >= 11 is 0. The van der Waals surface area contributed by atoms with Crippen LogP contribution in [0.4, 0.5) is 0 Å². The van der Waals surface area contributed by atoms with Crippen molar-refractivity contribution in [1.29, 1.82) is 0 Å². The molecule has 100 valence electrons. The summed E-state index contributed by atoms with van der Waals surface area (Å²) in [6, 6.07) is 0.252. The number of sulfonamides is 1. The van der Waals surface area contributed by atoms with E-state index in [1.807, 2.05) is 0 Å². The van der Waals surface area contributed by atoms with Crippen LogP contribution in [0.25, 0.3) is 0 Å². The van der Waals surface area contributed by atoms with Crippen LogP contribution in [0.2, 0.25) is 0 Å². The highest BCUT2D eigenvalue weighted by atomic mass is 32.2. The first-order chi connectivity index (χ1) is 8.05. The van der Waals surface area contributed by atoms with Crippen LogP contribution in [0.5, 0.6) is 0 Å². The van der Waals surface area contributed by atoms with Gasteiger partial charge in [0.1, 0.15) is 0 Å². The highest BCUT2D eigenvalue weighted by Gasteiger charge is 2.26. The summed E-state index contributed by atoms with van der Waals surface area (Å²) in [5.41, 5.74) is 5.80. The predicted octanol–water partition coefficient (Wildman–Crippen LogP) is 0.212. The lowest BCUT2D eigenvalue weighted by Gasteiger charge is -2.14. The summed E-state index contributed by atoms with van der Waals surface area (Å²) in [5.74, 6) is 0.510. The van der Waals surface area contributed by atoms with Gasteiger partial charge in [0.25, 0.3) is 0 Å². The van der Waals surface area contributed by atoms with E-state index in [-0.39, 0.29) is 17.9 Å². The maximum Gasteiger partial charge on any atom is 0.214 e. The molecule has 1 heterocycles. The Morgan fingerprint density at radius 3 is 2.71 bits per heavy atom. The summed E-state index contributed by atoms with van der Waals surface area (Å²) in [4.78, 5) is 0. The molecule has 1 aliphatic heterocycles. The molecule has 0 spiro atoms. The van der Waals surface area contributed by atoms with Crippen LogP contribution in [0, 0.1) is 5.92 Å².